The van der Waals surface area contributed by atoms with Gasteiger partial charge in [-0.2, -0.15) is 0 Å². The second kappa shape index (κ2) is 6.02. The summed E-state index contributed by atoms with van der Waals surface area (Å²) >= 11 is 0. The first-order chi connectivity index (χ1) is 8.17. The molecule has 1 heterocycles. The van der Waals surface area contributed by atoms with Crippen LogP contribution < -0.4 is 5.73 Å². The first kappa shape index (κ1) is 15.4. The number of esters is 1. The van der Waals surface area contributed by atoms with Gasteiger partial charge in [-0.05, 0) is 39.0 Å². The first-order valence-electron chi connectivity index (χ1n) is 6.87. The smallest absolute Gasteiger partial charge is 0.320 e. The van der Waals surface area contributed by atoms with Crippen LogP contribution in [0.4, 0.5) is 0 Å². The van der Waals surface area contributed by atoms with Crippen LogP contribution in [0.5, 0.6) is 0 Å². The lowest BCUT2D eigenvalue weighted by atomic mass is 9.86. The van der Waals surface area contributed by atoms with E-state index in [0.29, 0.717) is 18.4 Å². The van der Waals surface area contributed by atoms with Crippen molar-refractivity contribution in [3.63, 3.8) is 0 Å². The molecule has 1 fully saturated rings. The summed E-state index contributed by atoms with van der Waals surface area (Å²) in [6, 6.07) is 0.175. The molecule has 0 bridgehead atoms. The van der Waals surface area contributed by atoms with Gasteiger partial charge in [0.15, 0.2) is 0 Å². The Balaban J connectivity index is 2.48. The third-order valence-electron chi connectivity index (χ3n) is 3.31. The Kier molecular flexibility index (Phi) is 5.17. The maximum Gasteiger partial charge on any atom is 0.320 e. The van der Waals surface area contributed by atoms with Crippen molar-refractivity contribution in [3.8, 4) is 0 Å². The molecule has 0 aliphatic carbocycles. The number of nitrogens with two attached hydrogens (primary N) is 1. The lowest BCUT2D eigenvalue weighted by Crippen LogP contribution is -2.50. The fourth-order valence-corrected chi connectivity index (χ4v) is 2.44. The number of nitrogens with zero attached hydrogens (tertiary/aromatic N) is 1. The minimum absolute atomic E-state index is 0.154. The van der Waals surface area contributed by atoms with E-state index in [4.69, 9.17) is 10.5 Å². The average molecular weight is 256 g/mol. The van der Waals surface area contributed by atoms with Crippen molar-refractivity contribution in [2.45, 2.75) is 52.7 Å². The first-order valence-corrected chi connectivity index (χ1v) is 6.87. The minimum Gasteiger partial charge on any atom is -0.459 e. The van der Waals surface area contributed by atoms with E-state index in [9.17, 15) is 4.79 Å². The van der Waals surface area contributed by atoms with Gasteiger partial charge in [0.25, 0.3) is 0 Å². The number of rotatable bonds is 3. The van der Waals surface area contributed by atoms with Gasteiger partial charge in [0, 0.05) is 19.1 Å². The molecule has 4 heteroatoms. The minimum atomic E-state index is -0.410. The van der Waals surface area contributed by atoms with E-state index in [1.807, 2.05) is 20.8 Å². The van der Waals surface area contributed by atoms with Gasteiger partial charge in [0.2, 0.25) is 0 Å². The van der Waals surface area contributed by atoms with E-state index in [1.165, 1.54) is 0 Å². The van der Waals surface area contributed by atoms with Crippen LogP contribution in [-0.4, -0.2) is 42.1 Å². The Morgan fingerprint density at radius 2 is 2.00 bits per heavy atom. The van der Waals surface area contributed by atoms with Crippen LogP contribution in [0, 0.1) is 11.8 Å². The molecular weight excluding hydrogens is 228 g/mol. The highest BCUT2D eigenvalue weighted by Crippen LogP contribution is 2.23. The Hall–Kier alpha value is -0.610. The van der Waals surface area contributed by atoms with Crippen LogP contribution in [0.1, 0.15) is 41.0 Å². The van der Waals surface area contributed by atoms with E-state index < -0.39 is 5.60 Å². The normalized spacial score (nSPS) is 26.4. The second-order valence-electron chi connectivity index (χ2n) is 6.78. The van der Waals surface area contributed by atoms with Crippen molar-refractivity contribution in [2.75, 3.05) is 19.6 Å². The van der Waals surface area contributed by atoms with Gasteiger partial charge in [0.1, 0.15) is 5.60 Å². The van der Waals surface area contributed by atoms with Crippen LogP contribution in [0.15, 0.2) is 0 Å². The molecule has 0 aromatic rings. The fourth-order valence-electron chi connectivity index (χ4n) is 2.44. The summed E-state index contributed by atoms with van der Waals surface area (Å²) < 4.78 is 5.35. The monoisotopic (exact) mass is 256 g/mol. The molecule has 2 atom stereocenters. The quantitative estimate of drug-likeness (QED) is 0.780. The van der Waals surface area contributed by atoms with Crippen LogP contribution in [-0.2, 0) is 9.53 Å². The maximum absolute atomic E-state index is 11.8. The van der Waals surface area contributed by atoms with E-state index >= 15 is 0 Å². The van der Waals surface area contributed by atoms with Crippen molar-refractivity contribution >= 4 is 5.97 Å². The molecule has 0 aromatic carbocycles. The second-order valence-corrected chi connectivity index (χ2v) is 6.78. The molecule has 4 nitrogen and oxygen atoms in total. The predicted octanol–water partition coefficient (Wildman–Crippen LogP) is 1.63. The Bertz CT molecular complexity index is 284. The van der Waals surface area contributed by atoms with Crippen LogP contribution in [0.3, 0.4) is 0 Å². The van der Waals surface area contributed by atoms with E-state index in [-0.39, 0.29) is 12.0 Å². The molecule has 0 saturated carbocycles. The molecule has 0 amide bonds. The number of ether oxygens (including phenoxy) is 1. The van der Waals surface area contributed by atoms with E-state index in [1.54, 1.807) is 0 Å². The van der Waals surface area contributed by atoms with Gasteiger partial charge in [-0.25, -0.2) is 0 Å². The Labute approximate surface area is 111 Å². The van der Waals surface area contributed by atoms with Crippen molar-refractivity contribution in [2.24, 2.45) is 17.6 Å². The number of likely N-dealkylation sites (tertiary alicyclic amines) is 1. The van der Waals surface area contributed by atoms with Gasteiger partial charge < -0.3 is 10.5 Å². The van der Waals surface area contributed by atoms with Gasteiger partial charge in [-0.15, -0.1) is 0 Å². The lowest BCUT2D eigenvalue weighted by molar-refractivity contribution is -0.156. The number of carbonyl (C=O) groups excluding carboxylic acids is 1. The van der Waals surface area contributed by atoms with Crippen molar-refractivity contribution in [1.82, 2.24) is 4.90 Å². The number of hydrogen-bond acceptors (Lipinski definition) is 4. The summed E-state index contributed by atoms with van der Waals surface area (Å²) in [5.74, 6) is 1.03. The molecule has 0 spiro atoms. The third-order valence-corrected chi connectivity index (χ3v) is 3.31. The summed E-state index contributed by atoms with van der Waals surface area (Å²) in [6.45, 7) is 12.2. The molecule has 0 aromatic heterocycles. The maximum atomic E-state index is 11.8. The molecule has 18 heavy (non-hydrogen) atoms. The standard InChI is InChI=1S/C14H28N2O2/c1-10(2)11-6-12(15)8-16(7-11)9-13(17)18-14(3,4)5/h10-12H,6-9,15H2,1-5H3. The SMILES string of the molecule is CC(C)C1CC(N)CN(CC(=O)OC(C)(C)C)C1. The van der Waals surface area contributed by atoms with E-state index in [0.717, 1.165) is 19.5 Å². The predicted molar refractivity (Wildman–Crippen MR) is 73.2 cm³/mol. The molecule has 1 rings (SSSR count). The molecule has 1 aliphatic rings. The third kappa shape index (κ3) is 5.36. The molecule has 106 valence electrons. The molecular formula is C14H28N2O2. The Morgan fingerprint density at radius 3 is 2.50 bits per heavy atom. The van der Waals surface area contributed by atoms with Gasteiger partial charge in [-0.1, -0.05) is 13.8 Å². The van der Waals surface area contributed by atoms with Crippen LogP contribution >= 0.6 is 0 Å². The topological polar surface area (TPSA) is 55.6 Å². The van der Waals surface area contributed by atoms with Gasteiger partial charge in [0.05, 0.1) is 6.54 Å². The zero-order valence-corrected chi connectivity index (χ0v) is 12.4. The zero-order chi connectivity index (χ0) is 13.9. The summed E-state index contributed by atoms with van der Waals surface area (Å²) in [4.78, 5) is 13.9. The van der Waals surface area contributed by atoms with Crippen LogP contribution in [0.2, 0.25) is 0 Å². The van der Waals surface area contributed by atoms with Crippen molar-refractivity contribution in [1.29, 1.82) is 0 Å². The lowest BCUT2D eigenvalue weighted by Gasteiger charge is -2.37. The van der Waals surface area contributed by atoms with E-state index in [2.05, 4.69) is 18.7 Å². The number of carbonyl (C=O) groups is 1. The van der Waals surface area contributed by atoms with Crippen molar-refractivity contribution in [3.05, 3.63) is 0 Å². The highest BCUT2D eigenvalue weighted by molar-refractivity contribution is 5.72. The highest BCUT2D eigenvalue weighted by Gasteiger charge is 2.29. The molecule has 1 aliphatic heterocycles. The number of piperidine rings is 1. The van der Waals surface area contributed by atoms with Gasteiger partial charge in [-0.3, -0.25) is 9.69 Å². The molecule has 2 N–H and O–H groups in total. The Morgan fingerprint density at radius 1 is 1.39 bits per heavy atom. The van der Waals surface area contributed by atoms with Crippen LogP contribution in [0.25, 0.3) is 0 Å². The number of hydrogen-bond donors (Lipinski definition) is 1. The molecule has 2 unspecified atom stereocenters. The summed E-state index contributed by atoms with van der Waals surface area (Å²) in [6.07, 6.45) is 1.06. The summed E-state index contributed by atoms with van der Waals surface area (Å²) in [7, 11) is 0. The summed E-state index contributed by atoms with van der Waals surface area (Å²) in [5.41, 5.74) is 5.65. The zero-order valence-electron chi connectivity index (χ0n) is 12.4. The molecule has 0 radical (unpaired) electrons. The fraction of sp³-hybridized carbons (Fsp3) is 0.929. The largest absolute Gasteiger partial charge is 0.459 e. The highest BCUT2D eigenvalue weighted by atomic mass is 16.6. The molecule has 1 saturated heterocycles. The van der Waals surface area contributed by atoms with Gasteiger partial charge >= 0.3 is 5.97 Å². The summed E-state index contributed by atoms with van der Waals surface area (Å²) in [5, 5.41) is 0. The average Bonchev–Trinajstić information content (AvgIpc) is 2.12. The van der Waals surface area contributed by atoms with Crippen molar-refractivity contribution < 1.29 is 9.53 Å².